The van der Waals surface area contributed by atoms with E-state index in [1.54, 1.807) is 0 Å². The molecule has 1 aliphatic rings. The monoisotopic (exact) mass is 226 g/mol. The van der Waals surface area contributed by atoms with E-state index in [-0.39, 0.29) is 5.91 Å². The first kappa shape index (κ1) is 13.5. The van der Waals surface area contributed by atoms with E-state index in [1.165, 1.54) is 32.1 Å². The average molecular weight is 226 g/mol. The van der Waals surface area contributed by atoms with Crippen molar-refractivity contribution in [2.75, 3.05) is 13.1 Å². The van der Waals surface area contributed by atoms with Crippen LogP contribution in [0.4, 0.5) is 0 Å². The molecule has 1 rings (SSSR count). The van der Waals surface area contributed by atoms with Crippen LogP contribution < -0.4 is 10.6 Å². The Balaban J connectivity index is 2.13. The van der Waals surface area contributed by atoms with Gasteiger partial charge in [-0.25, -0.2) is 0 Å². The molecular formula is C13H26N2O. The molecule has 3 nitrogen and oxygen atoms in total. The summed E-state index contributed by atoms with van der Waals surface area (Å²) >= 11 is 0. The van der Waals surface area contributed by atoms with E-state index >= 15 is 0 Å². The molecular weight excluding hydrogens is 200 g/mol. The third kappa shape index (κ3) is 4.97. The number of hydrogen-bond donors (Lipinski definition) is 2. The van der Waals surface area contributed by atoms with Crippen LogP contribution in [0.15, 0.2) is 0 Å². The van der Waals surface area contributed by atoms with Crippen LogP contribution in [0.1, 0.15) is 52.4 Å². The Kier molecular flexibility index (Phi) is 6.46. The summed E-state index contributed by atoms with van der Waals surface area (Å²) < 4.78 is 0. The fourth-order valence-electron chi connectivity index (χ4n) is 2.38. The molecule has 1 amide bonds. The Morgan fingerprint density at radius 1 is 1.31 bits per heavy atom. The minimum Gasteiger partial charge on any atom is -0.355 e. The van der Waals surface area contributed by atoms with Gasteiger partial charge in [-0.15, -0.1) is 0 Å². The standard InChI is InChI=1S/C13H26N2O/c1-3-9-14-13(16)10-15-11(2)12-7-5-4-6-8-12/h11-12,15H,3-10H2,1-2H3,(H,14,16)/t11-/m1/s1. The fraction of sp³-hybridized carbons (Fsp3) is 0.923. The van der Waals surface area contributed by atoms with Gasteiger partial charge in [0.15, 0.2) is 0 Å². The van der Waals surface area contributed by atoms with Crippen molar-refractivity contribution >= 4 is 5.91 Å². The summed E-state index contributed by atoms with van der Waals surface area (Å²) in [5, 5.41) is 6.24. The highest BCUT2D eigenvalue weighted by Crippen LogP contribution is 2.26. The zero-order chi connectivity index (χ0) is 11.8. The molecule has 16 heavy (non-hydrogen) atoms. The van der Waals surface area contributed by atoms with Crippen LogP contribution in [0.5, 0.6) is 0 Å². The first-order valence-electron chi connectivity index (χ1n) is 6.74. The van der Waals surface area contributed by atoms with Crippen LogP contribution in [0.3, 0.4) is 0 Å². The van der Waals surface area contributed by atoms with E-state index in [2.05, 4.69) is 24.5 Å². The first-order chi connectivity index (χ1) is 7.74. The molecule has 1 atom stereocenters. The van der Waals surface area contributed by atoms with Crippen molar-refractivity contribution < 1.29 is 4.79 Å². The van der Waals surface area contributed by atoms with Crippen molar-refractivity contribution in [1.29, 1.82) is 0 Å². The lowest BCUT2D eigenvalue weighted by atomic mass is 9.84. The summed E-state index contributed by atoms with van der Waals surface area (Å²) in [6.45, 7) is 5.54. The lowest BCUT2D eigenvalue weighted by molar-refractivity contribution is -0.120. The molecule has 0 saturated heterocycles. The molecule has 0 heterocycles. The second-order valence-electron chi connectivity index (χ2n) is 4.92. The number of amides is 1. The van der Waals surface area contributed by atoms with Gasteiger partial charge in [0, 0.05) is 12.6 Å². The van der Waals surface area contributed by atoms with Crippen molar-refractivity contribution in [3.05, 3.63) is 0 Å². The highest BCUT2D eigenvalue weighted by Gasteiger charge is 2.19. The molecule has 1 fully saturated rings. The minimum absolute atomic E-state index is 0.129. The van der Waals surface area contributed by atoms with E-state index in [1.807, 2.05) is 0 Å². The number of hydrogen-bond acceptors (Lipinski definition) is 2. The van der Waals surface area contributed by atoms with Gasteiger partial charge >= 0.3 is 0 Å². The number of carbonyl (C=O) groups is 1. The van der Waals surface area contributed by atoms with Gasteiger partial charge in [0.25, 0.3) is 0 Å². The van der Waals surface area contributed by atoms with Crippen molar-refractivity contribution in [2.24, 2.45) is 5.92 Å². The fourth-order valence-corrected chi connectivity index (χ4v) is 2.38. The first-order valence-corrected chi connectivity index (χ1v) is 6.74. The van der Waals surface area contributed by atoms with Gasteiger partial charge < -0.3 is 10.6 Å². The molecule has 0 radical (unpaired) electrons. The largest absolute Gasteiger partial charge is 0.355 e. The number of carbonyl (C=O) groups excluding carboxylic acids is 1. The molecule has 0 unspecified atom stereocenters. The van der Waals surface area contributed by atoms with Gasteiger partial charge in [-0.05, 0) is 32.1 Å². The van der Waals surface area contributed by atoms with Gasteiger partial charge in [0.2, 0.25) is 5.91 Å². The van der Waals surface area contributed by atoms with E-state index in [4.69, 9.17) is 0 Å². The summed E-state index contributed by atoms with van der Waals surface area (Å²) in [6, 6.07) is 0.479. The van der Waals surface area contributed by atoms with Crippen LogP contribution in [0, 0.1) is 5.92 Å². The third-order valence-corrected chi connectivity index (χ3v) is 3.51. The van der Waals surface area contributed by atoms with Gasteiger partial charge in [-0.2, -0.15) is 0 Å². The molecule has 0 aromatic heterocycles. The normalized spacial score (nSPS) is 19.4. The maximum Gasteiger partial charge on any atom is 0.233 e. The van der Waals surface area contributed by atoms with Crippen LogP contribution in [-0.4, -0.2) is 25.0 Å². The Bertz CT molecular complexity index is 200. The summed E-state index contributed by atoms with van der Waals surface area (Å²) in [5.74, 6) is 0.900. The average Bonchev–Trinajstić information content (AvgIpc) is 2.34. The number of nitrogens with one attached hydrogen (secondary N) is 2. The molecule has 0 aromatic rings. The smallest absolute Gasteiger partial charge is 0.233 e. The molecule has 2 N–H and O–H groups in total. The molecule has 3 heteroatoms. The quantitative estimate of drug-likeness (QED) is 0.728. The number of rotatable bonds is 6. The van der Waals surface area contributed by atoms with Crippen LogP contribution in [-0.2, 0) is 4.79 Å². The van der Waals surface area contributed by atoms with Crippen molar-refractivity contribution in [1.82, 2.24) is 10.6 Å². The highest BCUT2D eigenvalue weighted by atomic mass is 16.1. The molecule has 0 spiro atoms. The second-order valence-corrected chi connectivity index (χ2v) is 4.92. The molecule has 0 aromatic carbocycles. The topological polar surface area (TPSA) is 41.1 Å². The Hall–Kier alpha value is -0.570. The van der Waals surface area contributed by atoms with Crippen molar-refractivity contribution in [3.63, 3.8) is 0 Å². The summed E-state index contributed by atoms with van der Waals surface area (Å²) in [5.41, 5.74) is 0. The second kappa shape index (κ2) is 7.66. The van der Waals surface area contributed by atoms with Gasteiger partial charge in [-0.3, -0.25) is 4.79 Å². The molecule has 0 aliphatic heterocycles. The lowest BCUT2D eigenvalue weighted by Gasteiger charge is -2.28. The molecule has 1 saturated carbocycles. The molecule has 94 valence electrons. The van der Waals surface area contributed by atoms with E-state index < -0.39 is 0 Å². The predicted molar refractivity (Wildman–Crippen MR) is 67.3 cm³/mol. The Labute approximate surface area is 99.4 Å². The van der Waals surface area contributed by atoms with Gasteiger partial charge in [0.1, 0.15) is 0 Å². The Morgan fingerprint density at radius 2 is 2.00 bits per heavy atom. The van der Waals surface area contributed by atoms with E-state index in [9.17, 15) is 4.79 Å². The van der Waals surface area contributed by atoms with Crippen LogP contribution >= 0.6 is 0 Å². The zero-order valence-electron chi connectivity index (χ0n) is 10.7. The van der Waals surface area contributed by atoms with Crippen molar-refractivity contribution in [2.45, 2.75) is 58.4 Å². The van der Waals surface area contributed by atoms with Crippen molar-refractivity contribution in [3.8, 4) is 0 Å². The SMILES string of the molecule is CCCNC(=O)CN[C@H](C)C1CCCCC1. The van der Waals surface area contributed by atoms with Crippen LogP contribution in [0.25, 0.3) is 0 Å². The zero-order valence-corrected chi connectivity index (χ0v) is 10.7. The Morgan fingerprint density at radius 3 is 2.62 bits per heavy atom. The maximum absolute atomic E-state index is 11.4. The van der Waals surface area contributed by atoms with Gasteiger partial charge in [0.05, 0.1) is 6.54 Å². The summed E-state index contributed by atoms with van der Waals surface area (Å²) in [4.78, 5) is 11.4. The van der Waals surface area contributed by atoms with Crippen LogP contribution in [0.2, 0.25) is 0 Å². The minimum atomic E-state index is 0.129. The summed E-state index contributed by atoms with van der Waals surface area (Å²) in [6.07, 6.45) is 7.76. The van der Waals surface area contributed by atoms with E-state index in [0.29, 0.717) is 12.6 Å². The van der Waals surface area contributed by atoms with E-state index in [0.717, 1.165) is 18.9 Å². The molecule has 0 bridgehead atoms. The highest BCUT2D eigenvalue weighted by molar-refractivity contribution is 5.77. The predicted octanol–water partition coefficient (Wildman–Crippen LogP) is 2.07. The maximum atomic E-state index is 11.4. The molecule has 1 aliphatic carbocycles. The third-order valence-electron chi connectivity index (χ3n) is 3.51. The summed E-state index contributed by atoms with van der Waals surface area (Å²) in [7, 11) is 0. The lowest BCUT2D eigenvalue weighted by Crippen LogP contribution is -2.41. The van der Waals surface area contributed by atoms with Gasteiger partial charge in [-0.1, -0.05) is 26.2 Å².